The molecule has 108 valence electrons. The van der Waals surface area contributed by atoms with Gasteiger partial charge in [-0.25, -0.2) is 9.59 Å². The Morgan fingerprint density at radius 3 is 2.65 bits per heavy atom. The van der Waals surface area contributed by atoms with Gasteiger partial charge in [-0.15, -0.1) is 0 Å². The summed E-state index contributed by atoms with van der Waals surface area (Å²) >= 11 is 0. The third kappa shape index (κ3) is 2.45. The van der Waals surface area contributed by atoms with E-state index in [-0.39, 0.29) is 18.1 Å². The molecule has 2 rings (SSSR count). The number of carbonyl (C=O) groups is 3. The molecule has 1 atom stereocenters. The molecule has 0 radical (unpaired) electrons. The summed E-state index contributed by atoms with van der Waals surface area (Å²) in [5.41, 5.74) is 2.03. The number of hydrogen-bond acceptors (Lipinski definition) is 5. The number of carbonyl (C=O) groups excluding carboxylic acids is 3. The molecule has 1 aromatic rings. The molecule has 0 aromatic carbocycles. The number of aryl methyl sites for hydroxylation is 1. The zero-order valence-corrected chi connectivity index (χ0v) is 11.7. The van der Waals surface area contributed by atoms with E-state index in [0.29, 0.717) is 29.7 Å². The van der Waals surface area contributed by atoms with E-state index < -0.39 is 18.0 Å². The Morgan fingerprint density at radius 1 is 1.45 bits per heavy atom. The van der Waals surface area contributed by atoms with Crippen molar-refractivity contribution >= 4 is 17.7 Å². The summed E-state index contributed by atoms with van der Waals surface area (Å²) in [5, 5.41) is 0. The molecule has 1 aromatic heterocycles. The summed E-state index contributed by atoms with van der Waals surface area (Å²) in [4.78, 5) is 38.0. The van der Waals surface area contributed by atoms with Gasteiger partial charge >= 0.3 is 11.9 Å². The smallest absolute Gasteiger partial charge is 0.355 e. The van der Waals surface area contributed by atoms with Crippen LogP contribution in [0.15, 0.2) is 0 Å². The monoisotopic (exact) mass is 279 g/mol. The Labute approximate surface area is 116 Å². The summed E-state index contributed by atoms with van der Waals surface area (Å²) in [7, 11) is 0. The Kier molecular flexibility index (Phi) is 3.92. The summed E-state index contributed by atoms with van der Waals surface area (Å²) in [5.74, 6) is -1.25. The lowest BCUT2D eigenvalue weighted by Crippen LogP contribution is -2.23. The Hall–Kier alpha value is -2.11. The first kappa shape index (κ1) is 14.3. The van der Waals surface area contributed by atoms with E-state index in [1.165, 1.54) is 6.92 Å². The van der Waals surface area contributed by atoms with Crippen LogP contribution in [-0.4, -0.2) is 35.4 Å². The SMILES string of the molecule is CCc1c(C(=O)OC2CCOC2=O)[nH]c(C)c1C(C)=O. The van der Waals surface area contributed by atoms with Crippen LogP contribution in [0.3, 0.4) is 0 Å². The number of Topliss-reactive ketones (excluding diaryl/α,β-unsaturated/α-hetero) is 1. The lowest BCUT2D eigenvalue weighted by Gasteiger charge is -2.08. The molecule has 1 fully saturated rings. The van der Waals surface area contributed by atoms with Gasteiger partial charge in [0.15, 0.2) is 5.78 Å². The maximum atomic E-state index is 12.1. The van der Waals surface area contributed by atoms with Crippen LogP contribution in [0.25, 0.3) is 0 Å². The summed E-state index contributed by atoms with van der Waals surface area (Å²) in [6.07, 6.45) is 0.0426. The minimum absolute atomic E-state index is 0.102. The number of cyclic esters (lactones) is 1. The molecule has 0 saturated carbocycles. The van der Waals surface area contributed by atoms with Crippen molar-refractivity contribution in [1.82, 2.24) is 4.98 Å². The van der Waals surface area contributed by atoms with E-state index in [1.54, 1.807) is 6.92 Å². The van der Waals surface area contributed by atoms with Crippen molar-refractivity contribution in [3.63, 3.8) is 0 Å². The Balaban J connectivity index is 2.28. The molecule has 0 spiro atoms. The highest BCUT2D eigenvalue weighted by atomic mass is 16.6. The van der Waals surface area contributed by atoms with Crippen molar-refractivity contribution in [3.05, 3.63) is 22.5 Å². The fourth-order valence-electron chi connectivity index (χ4n) is 2.45. The van der Waals surface area contributed by atoms with E-state index in [1.807, 2.05) is 6.92 Å². The van der Waals surface area contributed by atoms with Crippen LogP contribution in [-0.2, 0) is 20.7 Å². The molecule has 1 N–H and O–H groups in total. The van der Waals surface area contributed by atoms with Crippen molar-refractivity contribution in [2.75, 3.05) is 6.61 Å². The molecule has 1 saturated heterocycles. The van der Waals surface area contributed by atoms with Gasteiger partial charge in [0.05, 0.1) is 6.61 Å². The zero-order valence-electron chi connectivity index (χ0n) is 11.7. The second-order valence-electron chi connectivity index (χ2n) is 4.74. The molecule has 1 aliphatic rings. The second-order valence-corrected chi connectivity index (χ2v) is 4.74. The quantitative estimate of drug-likeness (QED) is 0.667. The average molecular weight is 279 g/mol. The van der Waals surface area contributed by atoms with Gasteiger partial charge in [-0.1, -0.05) is 6.92 Å². The lowest BCUT2D eigenvalue weighted by molar-refractivity contribution is -0.145. The van der Waals surface area contributed by atoms with Crippen molar-refractivity contribution < 1.29 is 23.9 Å². The summed E-state index contributed by atoms with van der Waals surface area (Å²) < 4.78 is 9.89. The van der Waals surface area contributed by atoms with Gasteiger partial charge in [0.1, 0.15) is 5.69 Å². The molecule has 1 aliphatic heterocycles. The van der Waals surface area contributed by atoms with Crippen LogP contribution in [0.4, 0.5) is 0 Å². The number of rotatable bonds is 4. The van der Waals surface area contributed by atoms with Gasteiger partial charge < -0.3 is 14.5 Å². The molecule has 20 heavy (non-hydrogen) atoms. The van der Waals surface area contributed by atoms with Crippen LogP contribution in [0.2, 0.25) is 0 Å². The number of aromatic nitrogens is 1. The number of H-pyrrole nitrogens is 1. The van der Waals surface area contributed by atoms with E-state index >= 15 is 0 Å². The van der Waals surface area contributed by atoms with E-state index in [0.717, 1.165) is 0 Å². The first-order valence-corrected chi connectivity index (χ1v) is 6.55. The maximum Gasteiger partial charge on any atom is 0.355 e. The minimum atomic E-state index is -0.850. The second kappa shape index (κ2) is 5.48. The van der Waals surface area contributed by atoms with Gasteiger partial charge in [-0.05, 0) is 25.8 Å². The number of esters is 2. The number of aromatic amines is 1. The van der Waals surface area contributed by atoms with Gasteiger partial charge in [0.2, 0.25) is 6.10 Å². The average Bonchev–Trinajstić information content (AvgIpc) is 2.93. The van der Waals surface area contributed by atoms with Gasteiger partial charge in [-0.2, -0.15) is 0 Å². The van der Waals surface area contributed by atoms with Crippen molar-refractivity contribution in [2.24, 2.45) is 0 Å². The first-order chi connectivity index (χ1) is 9.45. The Morgan fingerprint density at radius 2 is 2.15 bits per heavy atom. The van der Waals surface area contributed by atoms with Gasteiger partial charge in [0.25, 0.3) is 0 Å². The fraction of sp³-hybridized carbons (Fsp3) is 0.500. The standard InChI is InChI=1S/C14H17NO5/c1-4-9-11(8(3)16)7(2)15-12(9)14(18)20-10-5-6-19-13(10)17/h10,15H,4-6H2,1-3H3. The van der Waals surface area contributed by atoms with Gasteiger partial charge in [-0.3, -0.25) is 4.79 Å². The largest absolute Gasteiger partial charge is 0.463 e. The normalized spacial score (nSPS) is 17.9. The predicted octanol–water partition coefficient (Wildman–Crippen LogP) is 1.56. The summed E-state index contributed by atoms with van der Waals surface area (Å²) in [6, 6.07) is 0. The van der Waals surface area contributed by atoms with Crippen molar-refractivity contribution in [3.8, 4) is 0 Å². The molecule has 1 unspecified atom stereocenters. The topological polar surface area (TPSA) is 85.5 Å². The molecular weight excluding hydrogens is 262 g/mol. The van der Waals surface area contributed by atoms with Crippen molar-refractivity contribution in [1.29, 1.82) is 0 Å². The van der Waals surface area contributed by atoms with Crippen LogP contribution >= 0.6 is 0 Å². The minimum Gasteiger partial charge on any atom is -0.463 e. The third-order valence-corrected chi connectivity index (χ3v) is 3.34. The molecule has 6 heteroatoms. The zero-order chi connectivity index (χ0) is 14.9. The number of ether oxygens (including phenoxy) is 2. The lowest BCUT2D eigenvalue weighted by atomic mass is 10.0. The first-order valence-electron chi connectivity index (χ1n) is 6.55. The number of ketones is 1. The molecule has 0 bridgehead atoms. The van der Waals surface area contributed by atoms with Crippen LogP contribution in [0.5, 0.6) is 0 Å². The van der Waals surface area contributed by atoms with Crippen LogP contribution in [0, 0.1) is 6.92 Å². The van der Waals surface area contributed by atoms with E-state index in [2.05, 4.69) is 4.98 Å². The summed E-state index contributed by atoms with van der Waals surface area (Å²) in [6.45, 7) is 5.31. The molecule has 6 nitrogen and oxygen atoms in total. The highest BCUT2D eigenvalue weighted by Crippen LogP contribution is 2.22. The fourth-order valence-corrected chi connectivity index (χ4v) is 2.45. The van der Waals surface area contributed by atoms with Crippen molar-refractivity contribution in [2.45, 2.75) is 39.7 Å². The van der Waals surface area contributed by atoms with E-state index in [4.69, 9.17) is 9.47 Å². The van der Waals surface area contributed by atoms with Crippen LogP contribution < -0.4 is 0 Å². The number of hydrogen-bond donors (Lipinski definition) is 1. The van der Waals surface area contributed by atoms with Gasteiger partial charge in [0, 0.05) is 17.7 Å². The van der Waals surface area contributed by atoms with Crippen LogP contribution in [0.1, 0.15) is 52.4 Å². The highest BCUT2D eigenvalue weighted by molar-refractivity contribution is 6.01. The predicted molar refractivity (Wildman–Crippen MR) is 69.7 cm³/mol. The third-order valence-electron chi connectivity index (χ3n) is 3.34. The highest BCUT2D eigenvalue weighted by Gasteiger charge is 2.32. The molecular formula is C14H17NO5. The Bertz CT molecular complexity index is 572. The molecule has 0 aliphatic carbocycles. The number of nitrogens with one attached hydrogen (secondary N) is 1. The molecule has 0 amide bonds. The maximum absolute atomic E-state index is 12.1. The molecule has 2 heterocycles. The van der Waals surface area contributed by atoms with E-state index in [9.17, 15) is 14.4 Å².